The highest BCUT2D eigenvalue weighted by Crippen LogP contribution is 2.24. The van der Waals surface area contributed by atoms with Gasteiger partial charge in [-0.1, -0.05) is 18.2 Å². The number of para-hydroxylation sites is 1. The maximum atomic E-state index is 12.3. The summed E-state index contributed by atoms with van der Waals surface area (Å²) < 4.78 is 21.3. The Balaban J connectivity index is 1.55. The molecule has 150 valence electrons. The van der Waals surface area contributed by atoms with Crippen molar-refractivity contribution < 1.29 is 28.2 Å². The molecule has 1 aromatic heterocycles. The molecule has 2 N–H and O–H groups in total. The number of hydrogen-bond acceptors (Lipinski definition) is 6. The third-order valence-electron chi connectivity index (χ3n) is 3.95. The molecule has 0 bridgehead atoms. The SMILES string of the molecule is COc1ccc(C(=O)NNC(=O)c2ccc(COc3ccccc3)o2)c(OC)c1. The highest BCUT2D eigenvalue weighted by Gasteiger charge is 2.16. The average molecular weight is 396 g/mol. The van der Waals surface area contributed by atoms with Crippen LogP contribution in [0.2, 0.25) is 0 Å². The van der Waals surface area contributed by atoms with Crippen LogP contribution in [0.25, 0.3) is 0 Å². The molecule has 0 spiro atoms. The smallest absolute Gasteiger partial charge is 0.305 e. The van der Waals surface area contributed by atoms with Crippen LogP contribution in [0.3, 0.4) is 0 Å². The van der Waals surface area contributed by atoms with Crippen LogP contribution >= 0.6 is 0 Å². The summed E-state index contributed by atoms with van der Waals surface area (Å²) in [4.78, 5) is 24.5. The standard InChI is InChI=1S/C21H20N2O6/c1-26-15-8-10-17(19(12-15)27-2)20(24)22-23-21(25)18-11-9-16(29-18)13-28-14-6-4-3-5-7-14/h3-12H,13H2,1-2H3,(H,22,24)(H,23,25). The zero-order chi connectivity index (χ0) is 20.6. The van der Waals surface area contributed by atoms with Gasteiger partial charge in [-0.2, -0.15) is 0 Å². The maximum Gasteiger partial charge on any atom is 0.305 e. The van der Waals surface area contributed by atoms with Crippen LogP contribution < -0.4 is 25.1 Å². The molecule has 1 heterocycles. The highest BCUT2D eigenvalue weighted by atomic mass is 16.5. The molecule has 0 saturated heterocycles. The van der Waals surface area contributed by atoms with Gasteiger partial charge in [0.15, 0.2) is 5.76 Å². The van der Waals surface area contributed by atoms with Gasteiger partial charge in [-0.05, 0) is 36.4 Å². The first-order chi connectivity index (χ1) is 14.1. The van der Waals surface area contributed by atoms with Crippen LogP contribution in [0.4, 0.5) is 0 Å². The second kappa shape index (κ2) is 9.32. The number of amides is 2. The molecular weight excluding hydrogens is 376 g/mol. The first kappa shape index (κ1) is 19.8. The van der Waals surface area contributed by atoms with Gasteiger partial charge in [0.1, 0.15) is 29.6 Å². The van der Waals surface area contributed by atoms with E-state index in [1.807, 2.05) is 30.3 Å². The molecule has 29 heavy (non-hydrogen) atoms. The van der Waals surface area contributed by atoms with Crippen LogP contribution in [0.1, 0.15) is 26.7 Å². The Morgan fingerprint density at radius 2 is 1.62 bits per heavy atom. The van der Waals surface area contributed by atoms with Crippen molar-refractivity contribution in [3.63, 3.8) is 0 Å². The summed E-state index contributed by atoms with van der Waals surface area (Å²) in [5.74, 6) is 0.919. The van der Waals surface area contributed by atoms with Crippen LogP contribution in [-0.2, 0) is 6.61 Å². The predicted octanol–water partition coefficient (Wildman–Crippen LogP) is 2.95. The molecule has 0 aliphatic heterocycles. The zero-order valence-corrected chi connectivity index (χ0v) is 15.9. The van der Waals surface area contributed by atoms with E-state index in [1.165, 1.54) is 26.4 Å². The molecule has 3 rings (SSSR count). The number of furan rings is 1. The molecule has 0 fully saturated rings. The Hall–Kier alpha value is -3.94. The average Bonchev–Trinajstić information content (AvgIpc) is 3.25. The Morgan fingerprint density at radius 1 is 0.862 bits per heavy atom. The van der Waals surface area contributed by atoms with Gasteiger partial charge in [0.25, 0.3) is 5.91 Å². The summed E-state index contributed by atoms with van der Waals surface area (Å²) in [7, 11) is 2.95. The Bertz CT molecular complexity index is 984. The van der Waals surface area contributed by atoms with Crippen LogP contribution in [-0.4, -0.2) is 26.0 Å². The van der Waals surface area contributed by atoms with E-state index in [0.29, 0.717) is 23.0 Å². The number of carbonyl (C=O) groups excluding carboxylic acids is 2. The number of rotatable bonds is 7. The topological polar surface area (TPSA) is 99.0 Å². The molecule has 3 aromatic rings. The van der Waals surface area contributed by atoms with E-state index in [9.17, 15) is 9.59 Å². The van der Waals surface area contributed by atoms with Gasteiger partial charge in [-0.15, -0.1) is 0 Å². The molecule has 0 saturated carbocycles. The van der Waals surface area contributed by atoms with Crippen molar-refractivity contribution in [1.82, 2.24) is 10.9 Å². The minimum Gasteiger partial charge on any atom is -0.497 e. The lowest BCUT2D eigenvalue weighted by molar-refractivity contribution is 0.0827. The lowest BCUT2D eigenvalue weighted by Crippen LogP contribution is -2.41. The summed E-state index contributed by atoms with van der Waals surface area (Å²) in [6, 6.07) is 17.1. The molecule has 8 heteroatoms. The molecule has 0 unspecified atom stereocenters. The van der Waals surface area contributed by atoms with Gasteiger partial charge in [0.05, 0.1) is 19.8 Å². The quantitative estimate of drug-likeness (QED) is 0.596. The summed E-state index contributed by atoms with van der Waals surface area (Å²) in [5, 5.41) is 0. The van der Waals surface area contributed by atoms with Crippen molar-refractivity contribution in [2.24, 2.45) is 0 Å². The number of carbonyl (C=O) groups is 2. The second-order valence-corrected chi connectivity index (χ2v) is 5.84. The largest absolute Gasteiger partial charge is 0.497 e. The number of benzene rings is 2. The number of hydrazine groups is 1. The first-order valence-corrected chi connectivity index (χ1v) is 8.70. The maximum absolute atomic E-state index is 12.3. The van der Waals surface area contributed by atoms with E-state index < -0.39 is 11.8 Å². The molecule has 0 radical (unpaired) electrons. The van der Waals surface area contributed by atoms with Crippen LogP contribution in [0.15, 0.2) is 65.1 Å². The van der Waals surface area contributed by atoms with E-state index in [-0.39, 0.29) is 17.9 Å². The Morgan fingerprint density at radius 3 is 2.34 bits per heavy atom. The Kier molecular flexibility index (Phi) is 6.36. The van der Waals surface area contributed by atoms with Gasteiger partial charge in [0.2, 0.25) is 0 Å². The third-order valence-corrected chi connectivity index (χ3v) is 3.95. The number of nitrogens with one attached hydrogen (secondary N) is 2. The van der Waals surface area contributed by atoms with Crippen molar-refractivity contribution in [3.05, 3.63) is 77.7 Å². The molecular formula is C21H20N2O6. The number of hydrogen-bond donors (Lipinski definition) is 2. The lowest BCUT2D eigenvalue weighted by Gasteiger charge is -2.11. The normalized spacial score (nSPS) is 10.1. The molecule has 2 aromatic carbocycles. The monoisotopic (exact) mass is 396 g/mol. The van der Waals surface area contributed by atoms with E-state index >= 15 is 0 Å². The molecule has 0 atom stereocenters. The van der Waals surface area contributed by atoms with Crippen molar-refractivity contribution in [1.29, 1.82) is 0 Å². The summed E-state index contributed by atoms with van der Waals surface area (Å²) in [6.45, 7) is 0.173. The van der Waals surface area contributed by atoms with Gasteiger partial charge in [-0.3, -0.25) is 20.4 Å². The number of ether oxygens (including phenoxy) is 3. The van der Waals surface area contributed by atoms with E-state index in [4.69, 9.17) is 18.6 Å². The van der Waals surface area contributed by atoms with E-state index in [1.54, 1.807) is 18.2 Å². The first-order valence-electron chi connectivity index (χ1n) is 8.70. The van der Waals surface area contributed by atoms with E-state index in [2.05, 4.69) is 10.9 Å². The fraction of sp³-hybridized carbons (Fsp3) is 0.143. The Labute approximate surface area is 167 Å². The second-order valence-electron chi connectivity index (χ2n) is 5.84. The lowest BCUT2D eigenvalue weighted by atomic mass is 10.2. The highest BCUT2D eigenvalue weighted by molar-refractivity contribution is 5.99. The number of methoxy groups -OCH3 is 2. The van der Waals surface area contributed by atoms with Gasteiger partial charge in [0, 0.05) is 6.07 Å². The minimum absolute atomic E-state index is 0.0404. The van der Waals surface area contributed by atoms with Gasteiger partial charge >= 0.3 is 5.91 Å². The van der Waals surface area contributed by atoms with Gasteiger partial charge < -0.3 is 18.6 Å². The fourth-order valence-electron chi connectivity index (χ4n) is 2.48. The van der Waals surface area contributed by atoms with Crippen molar-refractivity contribution in [2.75, 3.05) is 14.2 Å². The zero-order valence-electron chi connectivity index (χ0n) is 15.9. The molecule has 0 aliphatic rings. The van der Waals surface area contributed by atoms with Crippen LogP contribution in [0.5, 0.6) is 17.2 Å². The van der Waals surface area contributed by atoms with E-state index in [0.717, 1.165) is 0 Å². The van der Waals surface area contributed by atoms with Crippen molar-refractivity contribution in [3.8, 4) is 17.2 Å². The van der Waals surface area contributed by atoms with Crippen molar-refractivity contribution in [2.45, 2.75) is 6.61 Å². The van der Waals surface area contributed by atoms with Gasteiger partial charge in [-0.25, -0.2) is 0 Å². The van der Waals surface area contributed by atoms with Crippen molar-refractivity contribution >= 4 is 11.8 Å². The molecule has 8 nitrogen and oxygen atoms in total. The molecule has 2 amide bonds. The third kappa shape index (κ3) is 5.07. The summed E-state index contributed by atoms with van der Waals surface area (Å²) >= 11 is 0. The summed E-state index contributed by atoms with van der Waals surface area (Å²) in [5.41, 5.74) is 4.87. The minimum atomic E-state index is -0.600. The summed E-state index contributed by atoms with van der Waals surface area (Å²) in [6.07, 6.45) is 0. The predicted molar refractivity (Wildman–Crippen MR) is 104 cm³/mol. The molecule has 0 aliphatic carbocycles. The van der Waals surface area contributed by atoms with Crippen LogP contribution in [0, 0.1) is 0 Å². The fourth-order valence-corrected chi connectivity index (χ4v) is 2.48.